The average Bonchev–Trinajstić information content (AvgIpc) is 1.59. The van der Waals surface area contributed by atoms with E-state index < -0.39 is 5.09 Å². The Morgan fingerprint density at radius 1 is 1.18 bits per heavy atom. The Balaban J connectivity index is 0. The number of hydrogen-bond donors (Lipinski definition) is 0. The molecule has 0 aromatic rings. The lowest BCUT2D eigenvalue weighted by atomic mass is 10.3. The first-order valence-electron chi connectivity index (χ1n) is 3.30. The second-order valence-electron chi connectivity index (χ2n) is 3.43. The number of rotatable bonds is 1. The van der Waals surface area contributed by atoms with E-state index in [9.17, 15) is 0 Å². The summed E-state index contributed by atoms with van der Waals surface area (Å²) in [5, 5.41) is 14.8. The van der Waals surface area contributed by atoms with Gasteiger partial charge in [-0.05, 0) is 13.8 Å². The largest absolute Gasteiger partial charge is 0.356 e. The number of quaternary nitrogens is 1. The monoisotopic (exact) mass is 164 g/mol. The molecule has 0 aromatic heterocycles. The molecule has 0 fully saturated rings. The molecule has 5 nitrogen and oxygen atoms in total. The second-order valence-corrected chi connectivity index (χ2v) is 3.43. The summed E-state index contributed by atoms with van der Waals surface area (Å²) in [7, 11) is 6.60. The predicted octanol–water partition coefficient (Wildman–Crippen LogP) is 0.862. The minimum absolute atomic E-state index is 0.736. The summed E-state index contributed by atoms with van der Waals surface area (Å²) in [6.45, 7) is 4.44. The van der Waals surface area contributed by atoms with Crippen molar-refractivity contribution in [2.24, 2.45) is 0 Å². The van der Waals surface area contributed by atoms with E-state index in [1.807, 2.05) is 0 Å². The van der Waals surface area contributed by atoms with Gasteiger partial charge in [-0.15, -0.1) is 0 Å². The quantitative estimate of drug-likeness (QED) is 0.328. The third-order valence-corrected chi connectivity index (χ3v) is 1.55. The second kappa shape index (κ2) is 4.90. The summed E-state index contributed by atoms with van der Waals surface area (Å²) < 4.78 is 1.06. The fourth-order valence-electron chi connectivity index (χ4n) is 0. The normalized spacial score (nSPS) is 10.4. The Bertz CT molecular complexity index is 113. The first-order valence-corrected chi connectivity index (χ1v) is 3.30. The SMILES string of the molecule is CC(C)[N+](C)(C)C.O=[N+]([O-])[O-]. The lowest BCUT2D eigenvalue weighted by molar-refractivity contribution is -0.891. The highest BCUT2D eigenvalue weighted by atomic mass is 16.9. The Morgan fingerprint density at radius 2 is 1.27 bits per heavy atom. The van der Waals surface area contributed by atoms with Gasteiger partial charge in [0.25, 0.3) is 0 Å². The molecule has 0 saturated carbocycles. The average molecular weight is 164 g/mol. The van der Waals surface area contributed by atoms with Gasteiger partial charge < -0.3 is 19.8 Å². The molecule has 0 atom stereocenters. The molecule has 0 N–H and O–H groups in total. The molecule has 0 bridgehead atoms. The Kier molecular flexibility index (Phi) is 5.70. The van der Waals surface area contributed by atoms with Crippen molar-refractivity contribution in [1.29, 1.82) is 0 Å². The first kappa shape index (κ1) is 12.8. The zero-order chi connectivity index (χ0) is 9.65. The Labute approximate surface area is 66.9 Å². The Morgan fingerprint density at radius 3 is 1.27 bits per heavy atom. The minimum Gasteiger partial charge on any atom is -0.356 e. The summed E-state index contributed by atoms with van der Waals surface area (Å²) >= 11 is 0. The molecule has 0 aliphatic rings. The van der Waals surface area contributed by atoms with Crippen molar-refractivity contribution in [2.45, 2.75) is 19.9 Å². The maximum absolute atomic E-state index is 8.25. The summed E-state index contributed by atoms with van der Waals surface area (Å²) in [5.41, 5.74) is 0. The van der Waals surface area contributed by atoms with Gasteiger partial charge in [0.2, 0.25) is 0 Å². The van der Waals surface area contributed by atoms with Gasteiger partial charge in [-0.3, -0.25) is 0 Å². The molecule has 0 aliphatic heterocycles. The summed E-state index contributed by atoms with van der Waals surface area (Å²) in [5.74, 6) is 0. The van der Waals surface area contributed by atoms with Crippen LogP contribution < -0.4 is 0 Å². The smallest absolute Gasteiger partial charge is 0.0827 e. The summed E-state index contributed by atoms with van der Waals surface area (Å²) in [4.78, 5) is 8.25. The molecule has 68 valence electrons. The highest BCUT2D eigenvalue weighted by molar-refractivity contribution is 4.31. The lowest BCUT2D eigenvalue weighted by Crippen LogP contribution is -2.41. The summed E-state index contributed by atoms with van der Waals surface area (Å²) in [6.07, 6.45) is 0. The van der Waals surface area contributed by atoms with Crippen molar-refractivity contribution in [3.63, 3.8) is 0 Å². The van der Waals surface area contributed by atoms with Gasteiger partial charge in [-0.2, -0.15) is 0 Å². The van der Waals surface area contributed by atoms with E-state index in [0.29, 0.717) is 0 Å². The van der Waals surface area contributed by atoms with Gasteiger partial charge in [0.1, 0.15) is 0 Å². The van der Waals surface area contributed by atoms with E-state index in [0.717, 1.165) is 10.5 Å². The van der Waals surface area contributed by atoms with Crippen LogP contribution in [0.1, 0.15) is 13.8 Å². The van der Waals surface area contributed by atoms with Crippen LogP contribution in [0.4, 0.5) is 0 Å². The fourth-order valence-corrected chi connectivity index (χ4v) is 0. The molecule has 0 unspecified atom stereocenters. The number of nitrogens with zero attached hydrogens (tertiary/aromatic N) is 2. The standard InChI is InChI=1S/C6H16N.NO3/c1-6(2)7(3,4)5;2-1(3)4/h6H,1-5H3;/q+1;-1. The van der Waals surface area contributed by atoms with Crippen LogP contribution in [-0.4, -0.2) is 36.8 Å². The molecule has 0 heterocycles. The third kappa shape index (κ3) is 17.6. The van der Waals surface area contributed by atoms with Crippen molar-refractivity contribution in [3.05, 3.63) is 15.3 Å². The predicted molar refractivity (Wildman–Crippen MR) is 43.5 cm³/mol. The molecular formula is C6H16N2O3. The maximum Gasteiger partial charge on any atom is 0.0827 e. The van der Waals surface area contributed by atoms with Gasteiger partial charge in [0.15, 0.2) is 0 Å². The van der Waals surface area contributed by atoms with Crippen LogP contribution in [0.3, 0.4) is 0 Å². The van der Waals surface area contributed by atoms with E-state index in [4.69, 9.17) is 15.3 Å². The van der Waals surface area contributed by atoms with E-state index >= 15 is 0 Å². The molecule has 5 heteroatoms. The van der Waals surface area contributed by atoms with Crippen LogP contribution in [0.25, 0.3) is 0 Å². The van der Waals surface area contributed by atoms with E-state index in [1.165, 1.54) is 0 Å². The molecule has 0 radical (unpaired) electrons. The minimum atomic E-state index is -1.75. The van der Waals surface area contributed by atoms with Crippen molar-refractivity contribution >= 4 is 0 Å². The van der Waals surface area contributed by atoms with Crippen molar-refractivity contribution < 1.29 is 9.57 Å². The van der Waals surface area contributed by atoms with Crippen LogP contribution in [0, 0.1) is 15.3 Å². The van der Waals surface area contributed by atoms with Gasteiger partial charge in [0, 0.05) is 0 Å². The van der Waals surface area contributed by atoms with E-state index in [2.05, 4.69) is 35.0 Å². The van der Waals surface area contributed by atoms with Crippen LogP contribution in [0.5, 0.6) is 0 Å². The zero-order valence-electron chi connectivity index (χ0n) is 7.70. The molecule has 0 saturated heterocycles. The zero-order valence-corrected chi connectivity index (χ0v) is 7.70. The Hall–Kier alpha value is -0.840. The molecule has 0 rings (SSSR count). The first-order chi connectivity index (χ1) is 4.68. The van der Waals surface area contributed by atoms with Gasteiger partial charge >= 0.3 is 0 Å². The lowest BCUT2D eigenvalue weighted by Gasteiger charge is -2.28. The molecule has 0 aliphatic carbocycles. The van der Waals surface area contributed by atoms with Crippen molar-refractivity contribution in [2.75, 3.05) is 21.1 Å². The highest BCUT2D eigenvalue weighted by Gasteiger charge is 2.10. The van der Waals surface area contributed by atoms with Gasteiger partial charge in [-0.25, -0.2) is 0 Å². The van der Waals surface area contributed by atoms with Crippen LogP contribution >= 0.6 is 0 Å². The van der Waals surface area contributed by atoms with Crippen LogP contribution in [-0.2, 0) is 0 Å². The van der Waals surface area contributed by atoms with E-state index in [1.54, 1.807) is 0 Å². The van der Waals surface area contributed by atoms with Gasteiger partial charge in [0.05, 0.1) is 32.3 Å². The van der Waals surface area contributed by atoms with Gasteiger partial charge in [-0.1, -0.05) is 0 Å². The molecule has 11 heavy (non-hydrogen) atoms. The maximum atomic E-state index is 8.25. The molecule has 0 spiro atoms. The third-order valence-electron chi connectivity index (χ3n) is 1.55. The van der Waals surface area contributed by atoms with Crippen LogP contribution in [0.15, 0.2) is 0 Å². The van der Waals surface area contributed by atoms with E-state index in [-0.39, 0.29) is 0 Å². The fraction of sp³-hybridized carbons (Fsp3) is 1.00. The van der Waals surface area contributed by atoms with Crippen molar-refractivity contribution in [3.8, 4) is 0 Å². The van der Waals surface area contributed by atoms with Crippen molar-refractivity contribution in [1.82, 2.24) is 0 Å². The topological polar surface area (TPSA) is 66.2 Å². The molecule has 0 aromatic carbocycles. The molecule has 0 amide bonds. The highest BCUT2D eigenvalue weighted by Crippen LogP contribution is 1.97. The van der Waals surface area contributed by atoms with Crippen LogP contribution in [0.2, 0.25) is 0 Å². The molecular weight excluding hydrogens is 148 g/mol. The number of hydrogen-bond acceptors (Lipinski definition) is 3. The summed E-state index contributed by atoms with van der Waals surface area (Å²) in [6, 6.07) is 0.736.